The summed E-state index contributed by atoms with van der Waals surface area (Å²) in [5, 5.41) is 1.79. The molecule has 7 heteroatoms. The number of Topliss-reactive ketones (excluding diaryl/α,β-unsaturated/α-hetero) is 1. The van der Waals surface area contributed by atoms with Crippen molar-refractivity contribution in [3.05, 3.63) is 33.7 Å². The molecule has 2 saturated carbocycles. The fraction of sp³-hybridized carbons (Fsp3) is 0.529. The van der Waals surface area contributed by atoms with E-state index in [0.717, 1.165) is 19.3 Å². The van der Waals surface area contributed by atoms with Gasteiger partial charge in [0.15, 0.2) is 4.96 Å². The van der Waals surface area contributed by atoms with Gasteiger partial charge in [-0.25, -0.2) is 4.98 Å². The molecule has 2 fully saturated rings. The minimum Gasteiger partial charge on any atom is -0.459 e. The van der Waals surface area contributed by atoms with Crippen molar-refractivity contribution in [2.45, 2.75) is 38.7 Å². The van der Waals surface area contributed by atoms with Crippen molar-refractivity contribution in [2.24, 2.45) is 17.8 Å². The number of ether oxygens (including phenoxy) is 1. The van der Waals surface area contributed by atoms with Crippen molar-refractivity contribution in [1.29, 1.82) is 0 Å². The van der Waals surface area contributed by atoms with E-state index in [4.69, 9.17) is 4.74 Å². The molecule has 2 aliphatic rings. The second-order valence-electron chi connectivity index (χ2n) is 6.64. The third-order valence-electron chi connectivity index (χ3n) is 5.10. The van der Waals surface area contributed by atoms with Gasteiger partial charge in [-0.15, -0.1) is 11.3 Å². The van der Waals surface area contributed by atoms with Gasteiger partial charge >= 0.3 is 5.97 Å². The van der Waals surface area contributed by atoms with E-state index in [1.165, 1.54) is 21.8 Å². The fourth-order valence-corrected chi connectivity index (χ4v) is 4.64. The molecular weight excluding hydrogens is 328 g/mol. The van der Waals surface area contributed by atoms with E-state index in [-0.39, 0.29) is 35.9 Å². The van der Waals surface area contributed by atoms with Gasteiger partial charge in [0, 0.05) is 29.5 Å². The number of carbonyl (C=O) groups excluding carboxylic acids is 2. The van der Waals surface area contributed by atoms with Crippen LogP contribution in [0.5, 0.6) is 0 Å². The maximum atomic E-state index is 12.4. The Bertz CT molecular complexity index is 840. The maximum absolute atomic E-state index is 12.4. The zero-order valence-corrected chi connectivity index (χ0v) is 14.0. The number of fused-ring (bicyclic) bond motifs is 3. The zero-order valence-electron chi connectivity index (χ0n) is 13.1. The van der Waals surface area contributed by atoms with Crippen molar-refractivity contribution in [2.75, 3.05) is 0 Å². The van der Waals surface area contributed by atoms with E-state index in [2.05, 4.69) is 4.98 Å². The Morgan fingerprint density at radius 1 is 1.29 bits per heavy atom. The Morgan fingerprint density at radius 2 is 2.04 bits per heavy atom. The first-order valence-electron chi connectivity index (χ1n) is 8.28. The molecule has 2 aromatic heterocycles. The second-order valence-corrected chi connectivity index (χ2v) is 7.52. The molecule has 2 aliphatic carbocycles. The molecule has 0 aliphatic heterocycles. The summed E-state index contributed by atoms with van der Waals surface area (Å²) in [6.07, 6.45) is 5.75. The third-order valence-corrected chi connectivity index (χ3v) is 5.86. The van der Waals surface area contributed by atoms with E-state index >= 15 is 0 Å². The maximum Gasteiger partial charge on any atom is 0.309 e. The van der Waals surface area contributed by atoms with Gasteiger partial charge in [-0.1, -0.05) is 6.42 Å². The zero-order chi connectivity index (χ0) is 16.7. The van der Waals surface area contributed by atoms with Gasteiger partial charge in [0.05, 0.1) is 11.6 Å². The molecule has 0 aromatic carbocycles. The summed E-state index contributed by atoms with van der Waals surface area (Å²) in [4.78, 5) is 41.3. The topological polar surface area (TPSA) is 77.7 Å². The smallest absolute Gasteiger partial charge is 0.309 e. The van der Waals surface area contributed by atoms with Crippen LogP contribution in [0.25, 0.3) is 4.96 Å². The highest BCUT2D eigenvalue weighted by Crippen LogP contribution is 2.40. The monoisotopic (exact) mass is 346 g/mol. The highest BCUT2D eigenvalue weighted by Gasteiger charge is 2.41. The van der Waals surface area contributed by atoms with Crippen molar-refractivity contribution in [1.82, 2.24) is 9.38 Å². The van der Waals surface area contributed by atoms with Crippen LogP contribution >= 0.6 is 11.3 Å². The molecule has 6 nitrogen and oxygen atoms in total. The summed E-state index contributed by atoms with van der Waals surface area (Å²) in [6.45, 7) is 0.00224. The number of ketones is 1. The van der Waals surface area contributed by atoms with Crippen molar-refractivity contribution in [3.63, 3.8) is 0 Å². The van der Waals surface area contributed by atoms with Gasteiger partial charge in [-0.3, -0.25) is 18.8 Å². The molecule has 0 spiro atoms. The Hall–Kier alpha value is -2.02. The number of rotatable bonds is 3. The van der Waals surface area contributed by atoms with E-state index in [9.17, 15) is 14.4 Å². The van der Waals surface area contributed by atoms with Crippen LogP contribution in [0.2, 0.25) is 0 Å². The van der Waals surface area contributed by atoms with Crippen molar-refractivity contribution >= 4 is 28.1 Å². The van der Waals surface area contributed by atoms with E-state index < -0.39 is 0 Å². The van der Waals surface area contributed by atoms with E-state index in [1.54, 1.807) is 11.6 Å². The Morgan fingerprint density at radius 3 is 2.79 bits per heavy atom. The lowest BCUT2D eigenvalue weighted by Crippen LogP contribution is -2.39. The summed E-state index contributed by atoms with van der Waals surface area (Å²) in [5.41, 5.74) is 0.285. The van der Waals surface area contributed by atoms with Crippen LogP contribution in [0.1, 0.15) is 37.8 Å². The van der Waals surface area contributed by atoms with Crippen LogP contribution in [0.4, 0.5) is 0 Å². The van der Waals surface area contributed by atoms with Gasteiger partial charge in [0.1, 0.15) is 12.4 Å². The van der Waals surface area contributed by atoms with Gasteiger partial charge < -0.3 is 4.74 Å². The molecule has 1 unspecified atom stereocenters. The number of hydrogen-bond acceptors (Lipinski definition) is 6. The lowest BCUT2D eigenvalue weighted by molar-refractivity contribution is -0.154. The van der Waals surface area contributed by atoms with Crippen molar-refractivity contribution in [3.8, 4) is 0 Å². The Kier molecular flexibility index (Phi) is 3.96. The molecule has 24 heavy (non-hydrogen) atoms. The predicted octanol–water partition coefficient (Wildman–Crippen LogP) is 2.19. The molecule has 2 aromatic rings. The lowest BCUT2D eigenvalue weighted by Gasteiger charge is -2.36. The van der Waals surface area contributed by atoms with E-state index in [1.807, 2.05) is 0 Å². The standard InChI is InChI=1S/C17H18N2O4S/c20-14-8-13(18-17-19(14)4-5-24-17)9-23-16(22)12-6-10-2-1-3-11(7-12)15(10)21/h4-5,8,10-12H,1-3,6-7,9H2/t10-,11+,12?. The highest BCUT2D eigenvalue weighted by atomic mass is 32.1. The van der Waals surface area contributed by atoms with Crippen LogP contribution in [0.3, 0.4) is 0 Å². The van der Waals surface area contributed by atoms with Gasteiger partial charge in [0.2, 0.25) is 0 Å². The summed E-state index contributed by atoms with van der Waals surface area (Å²) < 4.78 is 6.85. The molecule has 0 amide bonds. The average Bonchev–Trinajstić information content (AvgIpc) is 3.01. The number of carbonyl (C=O) groups is 2. The normalized spacial score (nSPS) is 26.5. The minimum absolute atomic E-state index is 0.00224. The molecule has 0 N–H and O–H groups in total. The molecule has 4 rings (SSSR count). The molecule has 2 bridgehead atoms. The second kappa shape index (κ2) is 6.12. The summed E-state index contributed by atoms with van der Waals surface area (Å²) in [5.74, 6) is -0.0825. The van der Waals surface area contributed by atoms with Crippen LogP contribution < -0.4 is 5.56 Å². The summed E-state index contributed by atoms with van der Waals surface area (Å²) in [6, 6.07) is 1.39. The molecule has 0 saturated heterocycles. The SMILES string of the molecule is O=C(OCc1cc(=O)n2ccsc2n1)C1C[C@H]2CCC[C@@H](C1)C2=O. The molecular formula is C17H18N2O4S. The highest BCUT2D eigenvalue weighted by molar-refractivity contribution is 7.15. The Labute approximate surface area is 142 Å². The molecule has 3 atom stereocenters. The number of thiazole rings is 1. The first-order chi connectivity index (χ1) is 11.6. The third kappa shape index (κ3) is 2.77. The van der Waals surface area contributed by atoms with Gasteiger partial charge in [-0.2, -0.15) is 0 Å². The van der Waals surface area contributed by atoms with Crippen molar-refractivity contribution < 1.29 is 14.3 Å². The predicted molar refractivity (Wildman–Crippen MR) is 87.7 cm³/mol. The first-order valence-corrected chi connectivity index (χ1v) is 9.16. The average molecular weight is 346 g/mol. The molecule has 0 radical (unpaired) electrons. The minimum atomic E-state index is -0.271. The lowest BCUT2D eigenvalue weighted by atomic mass is 9.67. The summed E-state index contributed by atoms with van der Waals surface area (Å²) in [7, 11) is 0. The van der Waals surface area contributed by atoms with Crippen LogP contribution in [-0.4, -0.2) is 21.1 Å². The first kappa shape index (κ1) is 15.5. The van der Waals surface area contributed by atoms with Crippen LogP contribution in [0.15, 0.2) is 22.4 Å². The Balaban J connectivity index is 1.42. The van der Waals surface area contributed by atoms with Crippen LogP contribution in [-0.2, 0) is 20.9 Å². The number of esters is 1. The van der Waals surface area contributed by atoms with E-state index in [0.29, 0.717) is 29.3 Å². The number of nitrogens with zero attached hydrogens (tertiary/aromatic N) is 2. The van der Waals surface area contributed by atoms with Gasteiger partial charge in [0.25, 0.3) is 5.56 Å². The van der Waals surface area contributed by atoms with Gasteiger partial charge in [-0.05, 0) is 25.7 Å². The molecule has 126 valence electrons. The largest absolute Gasteiger partial charge is 0.459 e. The molecule has 2 heterocycles. The fourth-order valence-electron chi connectivity index (χ4n) is 3.90. The van der Waals surface area contributed by atoms with Crippen LogP contribution in [0, 0.1) is 17.8 Å². The number of hydrogen-bond donors (Lipinski definition) is 0. The summed E-state index contributed by atoms with van der Waals surface area (Å²) >= 11 is 1.36. The quantitative estimate of drug-likeness (QED) is 0.796. The number of aromatic nitrogens is 2.